The highest BCUT2D eigenvalue weighted by Gasteiger charge is 2.33. The lowest BCUT2D eigenvalue weighted by Gasteiger charge is -2.33. The minimum Gasteiger partial charge on any atom is -0.361 e. The average Bonchev–Trinajstić information content (AvgIpc) is 3.22. The standard InChI is InChI=1S/C25H20N2O2S/c28-30(29,17-16-19-8-2-1-3-9-19)27-24-13-7-4-10-20(24)14-15-25(27)22-18-26-23-12-6-5-11-21(22)23/h1-18,25-26H/b17-16+. The minimum absolute atomic E-state index is 0.443. The van der Waals surface area contributed by atoms with Crippen molar-refractivity contribution in [3.8, 4) is 0 Å². The van der Waals surface area contributed by atoms with Crippen LogP contribution < -0.4 is 4.31 Å². The Balaban J connectivity index is 1.65. The molecule has 1 aliphatic heterocycles. The number of aromatic nitrogens is 1. The third kappa shape index (κ3) is 3.23. The van der Waals surface area contributed by atoms with Gasteiger partial charge in [-0.15, -0.1) is 0 Å². The van der Waals surface area contributed by atoms with Crippen molar-refractivity contribution in [2.24, 2.45) is 0 Å². The maximum atomic E-state index is 13.6. The van der Waals surface area contributed by atoms with Gasteiger partial charge in [-0.3, -0.25) is 4.31 Å². The molecule has 2 heterocycles. The molecule has 0 bridgehead atoms. The number of hydrogen-bond acceptors (Lipinski definition) is 2. The second-order valence-electron chi connectivity index (χ2n) is 7.21. The van der Waals surface area contributed by atoms with E-state index < -0.39 is 16.1 Å². The van der Waals surface area contributed by atoms with Gasteiger partial charge in [0.15, 0.2) is 0 Å². The first-order valence-electron chi connectivity index (χ1n) is 9.74. The number of benzene rings is 3. The van der Waals surface area contributed by atoms with E-state index in [1.807, 2.05) is 97.2 Å². The molecule has 1 aromatic heterocycles. The maximum absolute atomic E-state index is 13.6. The maximum Gasteiger partial charge on any atom is 0.258 e. The third-order valence-corrected chi connectivity index (χ3v) is 6.78. The molecule has 0 saturated carbocycles. The van der Waals surface area contributed by atoms with E-state index in [0.29, 0.717) is 5.69 Å². The summed E-state index contributed by atoms with van der Waals surface area (Å²) >= 11 is 0. The van der Waals surface area contributed by atoms with E-state index in [1.54, 1.807) is 6.08 Å². The van der Waals surface area contributed by atoms with Crippen LogP contribution in [0.5, 0.6) is 0 Å². The van der Waals surface area contributed by atoms with Crippen LogP contribution in [0.25, 0.3) is 23.1 Å². The Labute approximate surface area is 175 Å². The highest BCUT2D eigenvalue weighted by Crippen LogP contribution is 2.41. The van der Waals surface area contributed by atoms with Crippen LogP contribution in [0, 0.1) is 0 Å². The van der Waals surface area contributed by atoms with E-state index in [4.69, 9.17) is 0 Å². The number of nitrogens with zero attached hydrogens (tertiary/aromatic N) is 1. The lowest BCUT2D eigenvalue weighted by molar-refractivity contribution is 0.595. The third-order valence-electron chi connectivity index (χ3n) is 5.33. The molecule has 5 heteroatoms. The number of nitrogens with one attached hydrogen (secondary N) is 1. The van der Waals surface area contributed by atoms with E-state index in [-0.39, 0.29) is 0 Å². The average molecular weight is 413 g/mol. The first-order chi connectivity index (χ1) is 14.6. The van der Waals surface area contributed by atoms with Crippen LogP contribution in [0.3, 0.4) is 0 Å². The molecule has 0 saturated heterocycles. The summed E-state index contributed by atoms with van der Waals surface area (Å²) in [5.74, 6) is 0. The van der Waals surface area contributed by atoms with Crippen LogP contribution in [0.2, 0.25) is 0 Å². The summed E-state index contributed by atoms with van der Waals surface area (Å²) in [7, 11) is -3.75. The monoisotopic (exact) mass is 412 g/mol. The number of aromatic amines is 1. The zero-order valence-corrected chi connectivity index (χ0v) is 17.0. The lowest BCUT2D eigenvalue weighted by atomic mass is 9.99. The number of rotatable bonds is 4. The summed E-state index contributed by atoms with van der Waals surface area (Å²) in [5.41, 5.74) is 4.30. The number of H-pyrrole nitrogens is 1. The Bertz CT molecular complexity index is 1370. The van der Waals surface area contributed by atoms with Crippen LogP contribution in [-0.2, 0) is 10.0 Å². The fourth-order valence-electron chi connectivity index (χ4n) is 3.91. The van der Waals surface area contributed by atoms with Gasteiger partial charge in [-0.1, -0.05) is 78.9 Å². The van der Waals surface area contributed by atoms with Crippen molar-refractivity contribution in [2.45, 2.75) is 6.04 Å². The molecule has 1 atom stereocenters. The SMILES string of the molecule is O=S(=O)(/C=C/c1ccccc1)N1c2ccccc2C=CC1c1c[nH]c2ccccc12. The van der Waals surface area contributed by atoms with Gasteiger partial charge >= 0.3 is 0 Å². The highest BCUT2D eigenvalue weighted by atomic mass is 32.2. The summed E-state index contributed by atoms with van der Waals surface area (Å²) in [6, 6.07) is 24.5. The molecule has 30 heavy (non-hydrogen) atoms. The van der Waals surface area contributed by atoms with Crippen molar-refractivity contribution in [3.63, 3.8) is 0 Å². The number of hydrogen-bond donors (Lipinski definition) is 1. The largest absolute Gasteiger partial charge is 0.361 e. The van der Waals surface area contributed by atoms with Gasteiger partial charge in [0, 0.05) is 22.7 Å². The van der Waals surface area contributed by atoms with Crippen LogP contribution in [-0.4, -0.2) is 13.4 Å². The Morgan fingerprint density at radius 2 is 1.60 bits per heavy atom. The molecular weight excluding hydrogens is 392 g/mol. The van der Waals surface area contributed by atoms with Crippen LogP contribution in [0.4, 0.5) is 5.69 Å². The molecule has 3 aromatic carbocycles. The van der Waals surface area contributed by atoms with Crippen molar-refractivity contribution in [2.75, 3.05) is 4.31 Å². The molecule has 1 N–H and O–H groups in total. The van der Waals surface area contributed by atoms with Crippen molar-refractivity contribution < 1.29 is 8.42 Å². The molecule has 4 aromatic rings. The number of fused-ring (bicyclic) bond motifs is 2. The molecule has 148 valence electrons. The molecule has 1 unspecified atom stereocenters. The smallest absolute Gasteiger partial charge is 0.258 e. The fourth-order valence-corrected chi connectivity index (χ4v) is 5.31. The normalized spacial score (nSPS) is 16.3. The van der Waals surface area contributed by atoms with E-state index in [1.165, 1.54) is 9.71 Å². The van der Waals surface area contributed by atoms with Gasteiger partial charge in [-0.25, -0.2) is 8.42 Å². The molecule has 0 aliphatic carbocycles. The molecule has 0 amide bonds. The first kappa shape index (κ1) is 18.5. The van der Waals surface area contributed by atoms with Gasteiger partial charge in [0.1, 0.15) is 0 Å². The second kappa shape index (κ2) is 7.35. The molecule has 5 rings (SSSR count). The Morgan fingerprint density at radius 1 is 0.867 bits per heavy atom. The summed E-state index contributed by atoms with van der Waals surface area (Å²) in [4.78, 5) is 3.27. The fraction of sp³-hybridized carbons (Fsp3) is 0.0400. The van der Waals surface area contributed by atoms with Crippen LogP contribution in [0.15, 0.2) is 96.5 Å². The Morgan fingerprint density at radius 3 is 2.47 bits per heavy atom. The van der Waals surface area contributed by atoms with Gasteiger partial charge < -0.3 is 4.98 Å². The molecule has 0 fully saturated rings. The zero-order valence-electron chi connectivity index (χ0n) is 16.1. The van der Waals surface area contributed by atoms with E-state index >= 15 is 0 Å². The van der Waals surface area contributed by atoms with Gasteiger partial charge in [0.05, 0.1) is 17.1 Å². The topological polar surface area (TPSA) is 53.2 Å². The Kier molecular flexibility index (Phi) is 4.52. The molecule has 0 radical (unpaired) electrons. The predicted octanol–water partition coefficient (Wildman–Crippen LogP) is 5.74. The summed E-state index contributed by atoms with van der Waals surface area (Å²) in [6.45, 7) is 0. The lowest BCUT2D eigenvalue weighted by Crippen LogP contribution is -2.34. The van der Waals surface area contributed by atoms with Crippen molar-refractivity contribution in [1.82, 2.24) is 4.98 Å². The van der Waals surface area contributed by atoms with Crippen molar-refractivity contribution in [1.29, 1.82) is 0 Å². The predicted molar refractivity (Wildman–Crippen MR) is 123 cm³/mol. The minimum atomic E-state index is -3.75. The van der Waals surface area contributed by atoms with E-state index in [9.17, 15) is 8.42 Å². The highest BCUT2D eigenvalue weighted by molar-refractivity contribution is 7.95. The number of sulfonamides is 1. The van der Waals surface area contributed by atoms with Crippen LogP contribution in [0.1, 0.15) is 22.7 Å². The zero-order chi connectivity index (χ0) is 20.6. The quantitative estimate of drug-likeness (QED) is 0.464. The van der Waals surface area contributed by atoms with Gasteiger partial charge in [0.25, 0.3) is 10.0 Å². The van der Waals surface area contributed by atoms with Gasteiger partial charge in [-0.2, -0.15) is 0 Å². The van der Waals surface area contributed by atoms with Crippen molar-refractivity contribution >= 4 is 38.8 Å². The van der Waals surface area contributed by atoms with E-state index in [2.05, 4.69) is 4.98 Å². The van der Waals surface area contributed by atoms with Gasteiger partial charge in [0.2, 0.25) is 0 Å². The Hall–Kier alpha value is -3.57. The summed E-state index contributed by atoms with van der Waals surface area (Å²) in [6.07, 6.45) is 7.49. The molecule has 1 aliphatic rings. The molecule has 0 spiro atoms. The summed E-state index contributed by atoms with van der Waals surface area (Å²) < 4.78 is 28.6. The van der Waals surface area contributed by atoms with Crippen LogP contribution >= 0.6 is 0 Å². The number of para-hydroxylation sites is 2. The van der Waals surface area contributed by atoms with Crippen molar-refractivity contribution in [3.05, 3.63) is 113 Å². The van der Waals surface area contributed by atoms with Gasteiger partial charge in [-0.05, 0) is 29.3 Å². The number of anilines is 1. The molecular formula is C25H20N2O2S. The molecule has 4 nitrogen and oxygen atoms in total. The second-order valence-corrected chi connectivity index (χ2v) is 8.90. The van der Waals surface area contributed by atoms with E-state index in [0.717, 1.165) is 27.6 Å². The first-order valence-corrected chi connectivity index (χ1v) is 11.2. The summed E-state index contributed by atoms with van der Waals surface area (Å²) in [5, 5.41) is 2.30.